The molecule has 2 aromatic carbocycles. The molecule has 0 atom stereocenters. The third-order valence-corrected chi connectivity index (χ3v) is 6.43. The molecule has 182 valence electrons. The van der Waals surface area contributed by atoms with E-state index in [0.717, 1.165) is 45.3 Å². The number of hydrogen-bond donors (Lipinski definition) is 2. The molecule has 1 aliphatic heterocycles. The fourth-order valence-corrected chi connectivity index (χ4v) is 4.58. The highest BCUT2D eigenvalue weighted by Crippen LogP contribution is 2.27. The molecule has 1 fully saturated rings. The predicted octanol–water partition coefficient (Wildman–Crippen LogP) is 0.716. The van der Waals surface area contributed by atoms with Gasteiger partial charge in [0, 0.05) is 18.7 Å². The number of hydrogen-bond acceptors (Lipinski definition) is 4. The number of nitriles is 1. The van der Waals surface area contributed by atoms with Crippen LogP contribution in [0.4, 0.5) is 10.5 Å². The Kier molecular flexibility index (Phi) is 11.0. The van der Waals surface area contributed by atoms with Crippen molar-refractivity contribution < 1.29 is 35.8 Å². The van der Waals surface area contributed by atoms with Crippen LogP contribution in [0.1, 0.15) is 30.4 Å². The Morgan fingerprint density at radius 1 is 1.12 bits per heavy atom. The maximum absolute atomic E-state index is 12.2. The van der Waals surface area contributed by atoms with Gasteiger partial charge in [-0.05, 0) is 48.9 Å². The Morgan fingerprint density at radius 3 is 2.53 bits per heavy atom. The summed E-state index contributed by atoms with van der Waals surface area (Å²) in [6.07, 6.45) is 4.00. The Morgan fingerprint density at radius 2 is 1.85 bits per heavy atom. The number of nitrogens with one attached hydrogen (secondary N) is 2. The minimum atomic E-state index is -0.300. The predicted molar refractivity (Wildman–Crippen MR) is 127 cm³/mol. The van der Waals surface area contributed by atoms with Crippen LogP contribution < -0.4 is 27.6 Å². The van der Waals surface area contributed by atoms with Crippen LogP contribution in [-0.4, -0.2) is 56.3 Å². The zero-order valence-electron chi connectivity index (χ0n) is 19.6. The molecule has 8 heteroatoms. The molecule has 2 N–H and O–H groups in total. The highest BCUT2D eigenvalue weighted by Gasteiger charge is 2.35. The molecular weight excluding hydrogens is 496 g/mol. The maximum atomic E-state index is 12.2. The van der Waals surface area contributed by atoms with Crippen molar-refractivity contribution in [2.75, 3.05) is 45.2 Å². The van der Waals surface area contributed by atoms with E-state index in [4.69, 9.17) is 10.00 Å². The topological polar surface area (TPSA) is 91.2 Å². The fourth-order valence-electron chi connectivity index (χ4n) is 4.58. The van der Waals surface area contributed by atoms with Crippen LogP contribution in [0.2, 0.25) is 0 Å². The second-order valence-electron chi connectivity index (χ2n) is 8.81. The first-order valence-electron chi connectivity index (χ1n) is 11.5. The molecule has 0 saturated carbocycles. The van der Waals surface area contributed by atoms with Crippen LogP contribution >= 0.6 is 0 Å². The summed E-state index contributed by atoms with van der Waals surface area (Å²) < 4.78 is 5.69. The van der Waals surface area contributed by atoms with Gasteiger partial charge in [-0.2, -0.15) is 5.26 Å². The number of urea groups is 1. The van der Waals surface area contributed by atoms with E-state index >= 15 is 0 Å². The number of quaternary nitrogens is 1. The molecule has 0 bridgehead atoms. The van der Waals surface area contributed by atoms with Crippen LogP contribution in [0.25, 0.3) is 0 Å². The fraction of sp³-hybridized carbons (Fsp3) is 0.423. The molecule has 0 radical (unpaired) electrons. The van der Waals surface area contributed by atoms with Crippen LogP contribution in [0.15, 0.2) is 54.6 Å². The molecule has 2 amide bonds. The molecule has 7 nitrogen and oxygen atoms in total. The molecular formula is C26H33BrN4O3. The highest BCUT2D eigenvalue weighted by molar-refractivity contribution is 5.89. The smallest absolute Gasteiger partial charge is 0.361 e. The van der Waals surface area contributed by atoms with E-state index in [0.29, 0.717) is 34.7 Å². The summed E-state index contributed by atoms with van der Waals surface area (Å²) in [4.78, 5) is 24.3. The number of halogens is 1. The van der Waals surface area contributed by atoms with Gasteiger partial charge in [-0.25, -0.2) is 9.59 Å². The van der Waals surface area contributed by atoms with Gasteiger partial charge in [-0.15, -0.1) is 0 Å². The Bertz CT molecular complexity index is 970. The summed E-state index contributed by atoms with van der Waals surface area (Å²) in [6.45, 7) is 3.59. The molecule has 0 spiro atoms. The summed E-state index contributed by atoms with van der Waals surface area (Å²) in [7, 11) is 1.44. The van der Waals surface area contributed by atoms with E-state index in [2.05, 4.69) is 41.0 Å². The lowest BCUT2D eigenvalue weighted by Gasteiger charge is -2.43. The van der Waals surface area contributed by atoms with Crippen molar-refractivity contribution in [2.45, 2.75) is 25.7 Å². The number of methoxy groups -OCH3 is 1. The lowest BCUT2D eigenvalue weighted by atomic mass is 9.88. The number of amides is 2. The number of ether oxygens (including phenoxy) is 1. The van der Waals surface area contributed by atoms with E-state index in [-0.39, 0.29) is 29.0 Å². The van der Waals surface area contributed by atoms with E-state index < -0.39 is 0 Å². The van der Waals surface area contributed by atoms with E-state index in [1.165, 1.54) is 12.7 Å². The standard InChI is InChI=1S/C26H32N4O3.BrH/c1-33-25(31)20-30(15-11-22(12-16-30)17-21-7-3-2-4-8-21)14-6-13-28-26(32)29-24-10-5-9-23(18-24)19-27;/h2-5,7-10,18,22H,6,11-17,20H2,1H3,(H-,28,29,32);1H. The van der Waals surface area contributed by atoms with E-state index in [9.17, 15) is 9.59 Å². The highest BCUT2D eigenvalue weighted by atomic mass is 79.9. The van der Waals surface area contributed by atoms with E-state index in [1.54, 1.807) is 24.3 Å². The normalized spacial score (nSPS) is 19.2. The van der Waals surface area contributed by atoms with Crippen molar-refractivity contribution in [1.29, 1.82) is 5.26 Å². The summed E-state index contributed by atoms with van der Waals surface area (Å²) in [5, 5.41) is 14.6. The van der Waals surface area contributed by atoms with Crippen molar-refractivity contribution in [3.8, 4) is 6.07 Å². The summed E-state index contributed by atoms with van der Waals surface area (Å²) >= 11 is 0. The minimum Gasteiger partial charge on any atom is -1.00 e. The molecule has 0 aliphatic carbocycles. The lowest BCUT2D eigenvalue weighted by Crippen LogP contribution is -3.00. The SMILES string of the molecule is COC(=O)C[N+]1(CCCNC(=O)Nc2cccc(C#N)c2)CCC(Cc2ccccc2)CC1.[Br-]. The Labute approximate surface area is 212 Å². The Hall–Kier alpha value is -2.89. The average molecular weight is 529 g/mol. The van der Waals surface area contributed by atoms with Gasteiger partial charge in [0.2, 0.25) is 0 Å². The van der Waals surface area contributed by atoms with Crippen molar-refractivity contribution in [3.63, 3.8) is 0 Å². The van der Waals surface area contributed by atoms with Crippen LogP contribution in [0.3, 0.4) is 0 Å². The van der Waals surface area contributed by atoms with Crippen LogP contribution in [0, 0.1) is 17.2 Å². The number of nitrogens with zero attached hydrogens (tertiary/aromatic N) is 2. The largest absolute Gasteiger partial charge is 1.00 e. The monoisotopic (exact) mass is 528 g/mol. The third kappa shape index (κ3) is 8.47. The van der Waals surface area contributed by atoms with E-state index in [1.807, 2.05) is 6.07 Å². The van der Waals surface area contributed by atoms with Crippen molar-refractivity contribution in [3.05, 3.63) is 65.7 Å². The van der Waals surface area contributed by atoms with Crippen molar-refractivity contribution in [1.82, 2.24) is 5.32 Å². The van der Waals surface area contributed by atoms with Gasteiger partial charge >= 0.3 is 12.0 Å². The number of carbonyl (C=O) groups excluding carboxylic acids is 2. The van der Waals surface area contributed by atoms with Gasteiger partial charge < -0.3 is 36.8 Å². The molecule has 34 heavy (non-hydrogen) atoms. The summed E-state index contributed by atoms with van der Waals surface area (Å²) in [5.74, 6) is 0.448. The van der Waals surface area contributed by atoms with Crippen molar-refractivity contribution >= 4 is 17.7 Å². The average Bonchev–Trinajstić information content (AvgIpc) is 2.84. The molecule has 1 heterocycles. The molecule has 3 rings (SSSR count). The minimum absolute atomic E-state index is 0. The van der Waals surface area contributed by atoms with Crippen molar-refractivity contribution in [2.24, 2.45) is 5.92 Å². The number of anilines is 1. The number of carbonyl (C=O) groups is 2. The lowest BCUT2D eigenvalue weighted by molar-refractivity contribution is -0.927. The molecule has 2 aromatic rings. The number of rotatable bonds is 9. The van der Waals surface area contributed by atoms with Crippen LogP contribution in [0.5, 0.6) is 0 Å². The molecule has 0 aromatic heterocycles. The van der Waals surface area contributed by atoms with Gasteiger partial charge in [0.1, 0.15) is 0 Å². The second-order valence-corrected chi connectivity index (χ2v) is 8.81. The first-order chi connectivity index (χ1) is 16.0. The first kappa shape index (κ1) is 27.4. The van der Waals surface area contributed by atoms with Gasteiger partial charge in [0.15, 0.2) is 6.54 Å². The maximum Gasteiger partial charge on any atom is 0.361 e. The number of esters is 1. The quantitative estimate of drug-likeness (QED) is 0.285. The molecule has 1 saturated heterocycles. The van der Waals surface area contributed by atoms with Gasteiger partial charge in [-0.1, -0.05) is 36.4 Å². The Balaban J connectivity index is 0.00000408. The molecule has 0 unspecified atom stereocenters. The number of benzene rings is 2. The zero-order valence-corrected chi connectivity index (χ0v) is 21.2. The number of likely N-dealkylation sites (tertiary alicyclic amines) is 1. The third-order valence-electron chi connectivity index (χ3n) is 6.43. The zero-order chi connectivity index (χ0) is 23.5. The first-order valence-corrected chi connectivity index (χ1v) is 11.5. The summed E-state index contributed by atoms with van der Waals surface area (Å²) in [6, 6.07) is 19.1. The summed E-state index contributed by atoms with van der Waals surface area (Å²) in [5.41, 5.74) is 2.45. The second kappa shape index (κ2) is 13.7. The van der Waals surface area contributed by atoms with Gasteiger partial charge in [-0.3, -0.25) is 0 Å². The van der Waals surface area contributed by atoms with Gasteiger partial charge in [0.05, 0.1) is 38.4 Å². The molecule has 1 aliphatic rings. The number of piperidine rings is 1. The van der Waals surface area contributed by atoms with Crippen LogP contribution in [-0.2, 0) is 16.0 Å². The van der Waals surface area contributed by atoms with Gasteiger partial charge in [0.25, 0.3) is 0 Å².